The number of amides is 1. The highest BCUT2D eigenvalue weighted by Crippen LogP contribution is 2.33. The second-order valence-corrected chi connectivity index (χ2v) is 9.64. The number of aromatic nitrogens is 1. The summed E-state index contributed by atoms with van der Waals surface area (Å²) in [4.78, 5) is 35.1. The van der Waals surface area contributed by atoms with Gasteiger partial charge in [0.25, 0.3) is 5.91 Å². The van der Waals surface area contributed by atoms with E-state index in [1.165, 1.54) is 17.4 Å². The Bertz CT molecular complexity index is 1400. The fourth-order valence-electron chi connectivity index (χ4n) is 4.38. The van der Waals surface area contributed by atoms with Crippen LogP contribution in [0.4, 0.5) is 5.13 Å². The van der Waals surface area contributed by atoms with Crippen LogP contribution in [0.2, 0.25) is 0 Å². The van der Waals surface area contributed by atoms with E-state index >= 15 is 0 Å². The Labute approximate surface area is 201 Å². The number of hydrogen-bond acceptors (Lipinski definition) is 7. The van der Waals surface area contributed by atoms with Crippen LogP contribution in [-0.4, -0.2) is 55.2 Å². The van der Waals surface area contributed by atoms with Crippen LogP contribution in [0.25, 0.3) is 21.2 Å². The summed E-state index contributed by atoms with van der Waals surface area (Å²) < 4.78 is 12.4. The van der Waals surface area contributed by atoms with Gasteiger partial charge in [-0.1, -0.05) is 29.5 Å². The number of carbonyl (C=O) groups excluding carboxylic acids is 1. The van der Waals surface area contributed by atoms with Crippen LogP contribution >= 0.6 is 11.3 Å². The zero-order valence-electron chi connectivity index (χ0n) is 19.4. The molecule has 7 nitrogen and oxygen atoms in total. The van der Waals surface area contributed by atoms with E-state index in [0.29, 0.717) is 22.6 Å². The van der Waals surface area contributed by atoms with Crippen molar-refractivity contribution in [3.05, 3.63) is 69.6 Å². The van der Waals surface area contributed by atoms with E-state index in [9.17, 15) is 9.59 Å². The molecule has 1 saturated heterocycles. The van der Waals surface area contributed by atoms with Crippen molar-refractivity contribution in [2.45, 2.75) is 20.3 Å². The van der Waals surface area contributed by atoms with Gasteiger partial charge in [0.2, 0.25) is 0 Å². The molecule has 0 saturated carbocycles. The molecular weight excluding hydrogens is 450 g/mol. The molecule has 34 heavy (non-hydrogen) atoms. The Balaban J connectivity index is 1.49. The molecule has 0 bridgehead atoms. The minimum atomic E-state index is -0.349. The summed E-state index contributed by atoms with van der Waals surface area (Å²) >= 11 is 1.50. The quantitative estimate of drug-likeness (QED) is 0.410. The van der Waals surface area contributed by atoms with Crippen molar-refractivity contribution in [3.8, 4) is 0 Å². The molecule has 2 aromatic carbocycles. The first-order chi connectivity index (χ1) is 16.5. The number of carbonyl (C=O) groups is 1. The zero-order valence-corrected chi connectivity index (χ0v) is 20.2. The normalized spacial score (nSPS) is 14.6. The van der Waals surface area contributed by atoms with Crippen molar-refractivity contribution >= 4 is 43.6 Å². The van der Waals surface area contributed by atoms with Gasteiger partial charge >= 0.3 is 0 Å². The number of thiazole rings is 1. The summed E-state index contributed by atoms with van der Waals surface area (Å²) in [5.74, 6) is -0.319. The highest BCUT2D eigenvalue weighted by Gasteiger charge is 2.25. The summed E-state index contributed by atoms with van der Waals surface area (Å²) in [7, 11) is 0. The molecule has 1 aliphatic rings. The topological polar surface area (TPSA) is 75.9 Å². The van der Waals surface area contributed by atoms with Crippen LogP contribution in [0.3, 0.4) is 0 Å². The Morgan fingerprint density at radius 3 is 2.76 bits per heavy atom. The molecule has 0 unspecified atom stereocenters. The lowest BCUT2D eigenvalue weighted by atomic mass is 10.1. The van der Waals surface area contributed by atoms with E-state index in [1.54, 1.807) is 29.2 Å². The fourth-order valence-corrected chi connectivity index (χ4v) is 5.42. The van der Waals surface area contributed by atoms with Gasteiger partial charge in [0.15, 0.2) is 16.3 Å². The van der Waals surface area contributed by atoms with Gasteiger partial charge in [-0.15, -0.1) is 0 Å². The maximum absolute atomic E-state index is 13.7. The van der Waals surface area contributed by atoms with Gasteiger partial charge in [-0.25, -0.2) is 4.98 Å². The Morgan fingerprint density at radius 2 is 1.94 bits per heavy atom. The van der Waals surface area contributed by atoms with Crippen LogP contribution < -0.4 is 10.3 Å². The largest absolute Gasteiger partial charge is 0.451 e. The lowest BCUT2D eigenvalue weighted by Gasteiger charge is -2.27. The van der Waals surface area contributed by atoms with Crippen LogP contribution in [0.15, 0.2) is 51.7 Å². The first-order valence-corrected chi connectivity index (χ1v) is 12.3. The zero-order chi connectivity index (χ0) is 23.7. The fraction of sp³-hybridized carbons (Fsp3) is 0.346. The van der Waals surface area contributed by atoms with Crippen molar-refractivity contribution in [3.63, 3.8) is 0 Å². The maximum Gasteiger partial charge on any atom is 0.295 e. The molecular formula is C26H27N3O4S. The average molecular weight is 478 g/mol. The van der Waals surface area contributed by atoms with Gasteiger partial charge < -0.3 is 9.15 Å². The van der Waals surface area contributed by atoms with Gasteiger partial charge in [-0.3, -0.25) is 19.4 Å². The Hall–Kier alpha value is -3.07. The van der Waals surface area contributed by atoms with E-state index < -0.39 is 0 Å². The predicted molar refractivity (Wildman–Crippen MR) is 135 cm³/mol. The molecule has 5 rings (SSSR count). The summed E-state index contributed by atoms with van der Waals surface area (Å²) in [6.07, 6.45) is 0.775. The number of morpholine rings is 1. The average Bonchev–Trinajstić information content (AvgIpc) is 3.26. The monoisotopic (exact) mass is 477 g/mol. The lowest BCUT2D eigenvalue weighted by Crippen LogP contribution is -2.39. The van der Waals surface area contributed by atoms with E-state index in [-0.39, 0.29) is 17.1 Å². The molecule has 2 aromatic heterocycles. The van der Waals surface area contributed by atoms with Crippen molar-refractivity contribution < 1.29 is 13.9 Å². The minimum Gasteiger partial charge on any atom is -0.451 e. The Kier molecular flexibility index (Phi) is 6.45. The van der Waals surface area contributed by atoms with E-state index in [2.05, 4.69) is 17.9 Å². The number of anilines is 1. The van der Waals surface area contributed by atoms with E-state index in [4.69, 9.17) is 14.1 Å². The molecule has 1 fully saturated rings. The van der Waals surface area contributed by atoms with Crippen LogP contribution in [0.1, 0.15) is 28.1 Å². The number of aryl methyl sites for hydroxylation is 2. The van der Waals surface area contributed by atoms with Crippen molar-refractivity contribution in [1.82, 2.24) is 9.88 Å². The minimum absolute atomic E-state index is 0.0298. The van der Waals surface area contributed by atoms with Gasteiger partial charge in [-0.2, -0.15) is 0 Å². The molecule has 176 valence electrons. The van der Waals surface area contributed by atoms with E-state index in [1.807, 2.05) is 13.0 Å². The summed E-state index contributed by atoms with van der Waals surface area (Å²) in [5.41, 5.74) is 3.32. The Morgan fingerprint density at radius 1 is 1.15 bits per heavy atom. The second kappa shape index (κ2) is 9.66. The highest BCUT2D eigenvalue weighted by molar-refractivity contribution is 7.22. The van der Waals surface area contributed by atoms with Crippen LogP contribution in [-0.2, 0) is 4.74 Å². The summed E-state index contributed by atoms with van der Waals surface area (Å²) in [5, 5.41) is 1.08. The SMILES string of the molecule is Cc1cc(C)c2sc(N(CCCN3CCOCC3)C(=O)c3cc(=O)c4ccccc4o3)nc2c1. The van der Waals surface area contributed by atoms with Crippen LogP contribution in [0.5, 0.6) is 0 Å². The van der Waals surface area contributed by atoms with Gasteiger partial charge in [0, 0.05) is 32.2 Å². The summed E-state index contributed by atoms with van der Waals surface area (Å²) in [6, 6.07) is 12.4. The lowest BCUT2D eigenvalue weighted by molar-refractivity contribution is 0.0376. The van der Waals surface area contributed by atoms with Gasteiger partial charge in [0.05, 0.1) is 28.8 Å². The number of benzene rings is 2. The van der Waals surface area contributed by atoms with Crippen molar-refractivity contribution in [1.29, 1.82) is 0 Å². The molecule has 0 radical (unpaired) electrons. The van der Waals surface area contributed by atoms with Gasteiger partial charge in [0.1, 0.15) is 5.58 Å². The number of hydrogen-bond donors (Lipinski definition) is 0. The third-order valence-corrected chi connectivity index (χ3v) is 7.32. The second-order valence-electron chi connectivity index (χ2n) is 8.66. The van der Waals surface area contributed by atoms with Crippen molar-refractivity contribution in [2.75, 3.05) is 44.3 Å². The van der Waals surface area contributed by atoms with E-state index in [0.717, 1.165) is 60.6 Å². The molecule has 0 N–H and O–H groups in total. The highest BCUT2D eigenvalue weighted by atomic mass is 32.1. The molecule has 3 heterocycles. The first-order valence-electron chi connectivity index (χ1n) is 11.5. The maximum atomic E-state index is 13.7. The molecule has 0 aliphatic carbocycles. The predicted octanol–water partition coefficient (Wildman–Crippen LogP) is 4.39. The molecule has 4 aromatic rings. The molecule has 8 heteroatoms. The number of rotatable bonds is 6. The third-order valence-electron chi connectivity index (χ3n) is 6.09. The number of ether oxygens (including phenoxy) is 1. The summed E-state index contributed by atoms with van der Waals surface area (Å²) in [6.45, 7) is 8.70. The van der Waals surface area contributed by atoms with Crippen molar-refractivity contribution in [2.24, 2.45) is 0 Å². The standard InChI is InChI=1S/C26H27N3O4S/c1-17-14-18(2)24-20(15-17)27-26(34-24)29(9-5-8-28-10-12-32-13-11-28)25(31)23-16-21(30)19-6-3-4-7-22(19)33-23/h3-4,6-7,14-16H,5,8-13H2,1-2H3. The third kappa shape index (κ3) is 4.61. The molecule has 0 spiro atoms. The smallest absolute Gasteiger partial charge is 0.295 e. The molecule has 0 atom stereocenters. The molecule has 1 aliphatic heterocycles. The number of nitrogens with zero attached hydrogens (tertiary/aromatic N) is 3. The van der Waals surface area contributed by atoms with Crippen LogP contribution in [0, 0.1) is 13.8 Å². The first kappa shape index (κ1) is 22.7. The number of fused-ring (bicyclic) bond motifs is 2. The van der Waals surface area contributed by atoms with Gasteiger partial charge in [-0.05, 0) is 49.6 Å². The number of para-hydroxylation sites is 1. The molecule has 1 amide bonds.